The fourth-order valence-corrected chi connectivity index (χ4v) is 0.651. The van der Waals surface area contributed by atoms with Crippen LogP contribution in [0.25, 0.3) is 0 Å². The van der Waals surface area contributed by atoms with E-state index in [9.17, 15) is 0 Å². The average Bonchev–Trinajstić information content (AvgIpc) is 2.02. The zero-order valence-corrected chi connectivity index (χ0v) is 7.30. The van der Waals surface area contributed by atoms with E-state index < -0.39 is 0 Å². The van der Waals surface area contributed by atoms with Crippen LogP contribution in [0.1, 0.15) is 0 Å². The molecule has 0 unspecified atom stereocenters. The van der Waals surface area contributed by atoms with Gasteiger partial charge in [0.05, 0.1) is 10.7 Å². The first-order chi connectivity index (χ1) is 5.13. The first kappa shape index (κ1) is 9.98. The molecule has 2 nitrogen and oxygen atoms in total. The van der Waals surface area contributed by atoms with E-state index >= 15 is 0 Å². The molecule has 0 atom stereocenters. The third-order valence-electron chi connectivity index (χ3n) is 1.14. The Kier molecular flexibility index (Phi) is 4.30. The maximum absolute atomic E-state index is 5.77. The second-order valence-electron chi connectivity index (χ2n) is 1.86. The number of nitrogens with zero attached hydrogens (tertiary/aromatic N) is 2. The van der Waals surface area contributed by atoms with Crippen LogP contribution in [-0.2, 0) is 0 Å². The SMILES string of the molecule is C=C/C=C(/Cl)C(=C)N(C)N=C. The minimum atomic E-state index is 0.509. The van der Waals surface area contributed by atoms with Crippen LogP contribution >= 0.6 is 11.6 Å². The lowest BCUT2D eigenvalue weighted by Crippen LogP contribution is -2.08. The predicted molar refractivity (Wildman–Crippen MR) is 50.6 cm³/mol. The second-order valence-corrected chi connectivity index (χ2v) is 2.27. The molecule has 0 aromatic carbocycles. The third-order valence-corrected chi connectivity index (χ3v) is 1.49. The van der Waals surface area contributed by atoms with Crippen molar-refractivity contribution in [2.75, 3.05) is 7.05 Å². The Balaban J connectivity index is 4.35. The quantitative estimate of drug-likeness (QED) is 0.359. The maximum atomic E-state index is 5.77. The number of hydrogen-bond acceptors (Lipinski definition) is 2. The number of hydrazone groups is 1. The van der Waals surface area contributed by atoms with E-state index in [4.69, 9.17) is 11.6 Å². The topological polar surface area (TPSA) is 15.6 Å². The molecule has 0 aliphatic rings. The number of halogens is 1. The monoisotopic (exact) mass is 170 g/mol. The van der Waals surface area contributed by atoms with Gasteiger partial charge in [0, 0.05) is 13.8 Å². The van der Waals surface area contributed by atoms with E-state index in [1.165, 1.54) is 5.01 Å². The molecule has 0 saturated heterocycles. The number of hydrogen-bond donors (Lipinski definition) is 0. The molecule has 0 radical (unpaired) electrons. The van der Waals surface area contributed by atoms with E-state index in [2.05, 4.69) is 25.0 Å². The lowest BCUT2D eigenvalue weighted by Gasteiger charge is -2.13. The molecule has 0 saturated carbocycles. The Bertz CT molecular complexity index is 206. The Hall–Kier alpha value is -1.02. The summed E-state index contributed by atoms with van der Waals surface area (Å²) in [5.41, 5.74) is 0.599. The van der Waals surface area contributed by atoms with Crippen molar-refractivity contribution in [1.29, 1.82) is 0 Å². The summed E-state index contributed by atoms with van der Waals surface area (Å²) >= 11 is 5.77. The number of rotatable bonds is 4. The normalized spacial score (nSPS) is 10.5. The first-order valence-corrected chi connectivity index (χ1v) is 3.39. The second kappa shape index (κ2) is 4.74. The Labute approximate surface area is 72.2 Å². The molecule has 0 fully saturated rings. The molecule has 0 rings (SSSR count). The van der Waals surface area contributed by atoms with Crippen molar-refractivity contribution in [1.82, 2.24) is 5.01 Å². The fraction of sp³-hybridized carbons (Fsp3) is 0.125. The van der Waals surface area contributed by atoms with Crippen LogP contribution in [0.4, 0.5) is 0 Å². The Morgan fingerprint density at radius 2 is 2.18 bits per heavy atom. The highest BCUT2D eigenvalue weighted by atomic mass is 35.5. The van der Waals surface area contributed by atoms with Crippen molar-refractivity contribution < 1.29 is 0 Å². The molecular formula is C8H11ClN2. The summed E-state index contributed by atoms with van der Waals surface area (Å²) < 4.78 is 0. The molecule has 0 aliphatic carbocycles. The van der Waals surface area contributed by atoms with Gasteiger partial charge in [-0.15, -0.1) is 0 Å². The van der Waals surface area contributed by atoms with Gasteiger partial charge in [0.15, 0.2) is 0 Å². The van der Waals surface area contributed by atoms with Crippen molar-refractivity contribution in [3.63, 3.8) is 0 Å². The average molecular weight is 171 g/mol. The first-order valence-electron chi connectivity index (χ1n) is 3.01. The molecule has 0 bridgehead atoms. The molecule has 0 N–H and O–H groups in total. The van der Waals surface area contributed by atoms with Crippen molar-refractivity contribution >= 4 is 18.3 Å². The molecular weight excluding hydrogens is 160 g/mol. The number of allylic oxidation sites excluding steroid dienone is 3. The van der Waals surface area contributed by atoms with Gasteiger partial charge in [-0.25, -0.2) is 0 Å². The predicted octanol–water partition coefficient (Wildman–Crippen LogP) is 2.36. The molecule has 0 aromatic rings. The summed E-state index contributed by atoms with van der Waals surface area (Å²) in [5, 5.41) is 5.61. The van der Waals surface area contributed by atoms with Gasteiger partial charge in [-0.3, -0.25) is 5.01 Å². The van der Waals surface area contributed by atoms with Crippen LogP contribution in [0, 0.1) is 0 Å². The highest BCUT2D eigenvalue weighted by molar-refractivity contribution is 6.31. The molecule has 3 heteroatoms. The minimum absolute atomic E-state index is 0.509. The van der Waals surface area contributed by atoms with E-state index in [-0.39, 0.29) is 0 Å². The summed E-state index contributed by atoms with van der Waals surface area (Å²) in [6, 6.07) is 0. The van der Waals surface area contributed by atoms with Crippen LogP contribution in [0.3, 0.4) is 0 Å². The minimum Gasteiger partial charge on any atom is -0.268 e. The van der Waals surface area contributed by atoms with E-state index in [1.807, 2.05) is 0 Å². The van der Waals surface area contributed by atoms with Crippen molar-refractivity contribution in [2.24, 2.45) is 5.10 Å². The molecule has 0 aliphatic heterocycles. The Morgan fingerprint density at radius 3 is 2.55 bits per heavy atom. The smallest absolute Gasteiger partial charge is 0.0704 e. The zero-order chi connectivity index (χ0) is 8.85. The maximum Gasteiger partial charge on any atom is 0.0704 e. The summed E-state index contributed by atoms with van der Waals surface area (Å²) in [7, 11) is 1.72. The van der Waals surface area contributed by atoms with Crippen LogP contribution < -0.4 is 0 Å². The molecule has 0 spiro atoms. The summed E-state index contributed by atoms with van der Waals surface area (Å²) in [4.78, 5) is 0. The largest absolute Gasteiger partial charge is 0.268 e. The van der Waals surface area contributed by atoms with E-state index in [0.717, 1.165) is 0 Å². The summed E-state index contributed by atoms with van der Waals surface area (Å²) in [5.74, 6) is 0. The van der Waals surface area contributed by atoms with Gasteiger partial charge < -0.3 is 0 Å². The van der Waals surface area contributed by atoms with Crippen molar-refractivity contribution in [2.45, 2.75) is 0 Å². The molecule has 0 aromatic heterocycles. The Morgan fingerprint density at radius 1 is 1.64 bits per heavy atom. The van der Waals surface area contributed by atoms with E-state index in [0.29, 0.717) is 10.7 Å². The fourth-order valence-electron chi connectivity index (χ4n) is 0.440. The molecule has 60 valence electrons. The highest BCUT2D eigenvalue weighted by Crippen LogP contribution is 2.15. The van der Waals surface area contributed by atoms with Crippen LogP contribution in [0.5, 0.6) is 0 Å². The van der Waals surface area contributed by atoms with Gasteiger partial charge in [0.25, 0.3) is 0 Å². The van der Waals surface area contributed by atoms with Gasteiger partial charge in [0.2, 0.25) is 0 Å². The lowest BCUT2D eigenvalue weighted by molar-refractivity contribution is 0.465. The lowest BCUT2D eigenvalue weighted by atomic mass is 10.4. The number of likely N-dealkylation sites (N-methyl/N-ethyl adjacent to an activating group) is 1. The highest BCUT2D eigenvalue weighted by Gasteiger charge is 2.01. The van der Waals surface area contributed by atoms with Gasteiger partial charge in [-0.05, 0) is 6.08 Å². The van der Waals surface area contributed by atoms with Gasteiger partial charge >= 0.3 is 0 Å². The van der Waals surface area contributed by atoms with Crippen LogP contribution in [0.15, 0.2) is 41.1 Å². The third kappa shape index (κ3) is 3.05. The van der Waals surface area contributed by atoms with Gasteiger partial charge in [-0.2, -0.15) is 5.10 Å². The summed E-state index contributed by atoms with van der Waals surface area (Å²) in [6.07, 6.45) is 3.23. The molecule has 0 heterocycles. The van der Waals surface area contributed by atoms with Crippen LogP contribution in [0.2, 0.25) is 0 Å². The molecule has 0 amide bonds. The molecule has 11 heavy (non-hydrogen) atoms. The van der Waals surface area contributed by atoms with Gasteiger partial charge in [-0.1, -0.05) is 30.8 Å². The van der Waals surface area contributed by atoms with Crippen molar-refractivity contribution in [3.05, 3.63) is 36.0 Å². The van der Waals surface area contributed by atoms with Crippen LogP contribution in [-0.4, -0.2) is 18.8 Å². The zero-order valence-electron chi connectivity index (χ0n) is 6.55. The summed E-state index contributed by atoms with van der Waals surface area (Å²) in [6.45, 7) is 10.5. The van der Waals surface area contributed by atoms with Crippen molar-refractivity contribution in [3.8, 4) is 0 Å². The standard InChI is InChI=1S/C8H11ClN2/c1-5-6-8(9)7(2)11(4)10-3/h5-6H,1-3H2,4H3/b8-6+. The van der Waals surface area contributed by atoms with E-state index in [1.54, 1.807) is 19.2 Å². The van der Waals surface area contributed by atoms with Gasteiger partial charge in [0.1, 0.15) is 0 Å².